The lowest BCUT2D eigenvalue weighted by Crippen LogP contribution is -2.58. The minimum absolute atomic E-state index is 0.447. The smallest absolute Gasteiger partial charge is 0.292 e. The Labute approximate surface area is 237 Å². The maximum absolute atomic E-state index is 11.4. The molecule has 0 spiro atoms. The third-order valence-corrected chi connectivity index (χ3v) is 7.91. The van der Waals surface area contributed by atoms with E-state index in [0.717, 1.165) is 69.2 Å². The fourth-order valence-corrected chi connectivity index (χ4v) is 5.95. The molecule has 2 heterocycles. The van der Waals surface area contributed by atoms with Crippen molar-refractivity contribution >= 4 is 27.4 Å². The number of fused-ring (bicyclic) bond motifs is 1. The van der Waals surface area contributed by atoms with Gasteiger partial charge in [0.1, 0.15) is 11.5 Å². The zero-order chi connectivity index (χ0) is 28.0. The minimum Gasteiger partial charge on any atom is -0.464 e. The molecule has 40 heavy (non-hydrogen) atoms. The highest BCUT2D eigenvalue weighted by Crippen LogP contribution is 2.30. The molecule has 8 nitrogen and oxygen atoms in total. The number of hydrogen-bond acceptors (Lipinski definition) is 6. The van der Waals surface area contributed by atoms with Crippen LogP contribution in [0.2, 0.25) is 0 Å². The van der Waals surface area contributed by atoms with Gasteiger partial charge in [-0.25, -0.2) is 8.42 Å². The Balaban J connectivity index is 1.17. The largest absolute Gasteiger partial charge is 0.464 e. The number of nitrogens with zero attached hydrogens (tertiary/aromatic N) is 3. The van der Waals surface area contributed by atoms with Crippen molar-refractivity contribution in [2.24, 2.45) is 10.9 Å². The number of likely N-dealkylation sites (tertiary alicyclic amines) is 1. The minimum atomic E-state index is -3.30. The van der Waals surface area contributed by atoms with E-state index < -0.39 is 10.0 Å². The first-order chi connectivity index (χ1) is 19.4. The zero-order valence-corrected chi connectivity index (χ0v) is 24.0. The van der Waals surface area contributed by atoms with E-state index in [2.05, 4.69) is 33.6 Å². The monoisotopic (exact) mass is 562 g/mol. The van der Waals surface area contributed by atoms with E-state index in [-0.39, 0.29) is 0 Å². The van der Waals surface area contributed by atoms with Gasteiger partial charge in [-0.15, -0.1) is 0 Å². The summed E-state index contributed by atoms with van der Waals surface area (Å²) in [4.78, 5) is 9.79. The average molecular weight is 563 g/mol. The molecule has 212 valence electrons. The summed E-state index contributed by atoms with van der Waals surface area (Å²) in [6.07, 6.45) is 4.49. The second-order valence-electron chi connectivity index (χ2n) is 10.6. The third kappa shape index (κ3) is 7.55. The number of anilines is 1. The summed E-state index contributed by atoms with van der Waals surface area (Å²) >= 11 is 0. The summed E-state index contributed by atoms with van der Waals surface area (Å²) < 4.78 is 37.4. The van der Waals surface area contributed by atoms with Crippen LogP contribution in [-0.2, 0) is 21.3 Å². The highest BCUT2D eigenvalue weighted by Gasteiger charge is 2.39. The Morgan fingerprint density at radius 1 is 1.00 bits per heavy atom. The van der Waals surface area contributed by atoms with E-state index in [1.165, 1.54) is 5.56 Å². The summed E-state index contributed by atoms with van der Waals surface area (Å²) in [6, 6.07) is 26.3. The van der Waals surface area contributed by atoms with Gasteiger partial charge in [-0.1, -0.05) is 43.7 Å². The molecule has 2 aliphatic heterocycles. The van der Waals surface area contributed by atoms with Crippen LogP contribution < -0.4 is 9.46 Å². The quantitative estimate of drug-likeness (QED) is 0.333. The molecule has 2 saturated heterocycles. The van der Waals surface area contributed by atoms with Crippen LogP contribution in [0.1, 0.15) is 31.7 Å². The van der Waals surface area contributed by atoms with Gasteiger partial charge < -0.3 is 14.4 Å². The number of hydrogen-bond donors (Lipinski definition) is 1. The van der Waals surface area contributed by atoms with E-state index in [9.17, 15) is 8.42 Å². The van der Waals surface area contributed by atoms with Crippen molar-refractivity contribution in [3.8, 4) is 11.5 Å². The fourth-order valence-electron chi connectivity index (χ4n) is 5.38. The van der Waals surface area contributed by atoms with Gasteiger partial charge in [-0.2, -0.15) is 4.99 Å². The molecule has 0 aromatic heterocycles. The van der Waals surface area contributed by atoms with Crippen molar-refractivity contribution in [1.82, 2.24) is 9.80 Å². The Bertz CT molecular complexity index is 1380. The van der Waals surface area contributed by atoms with Crippen molar-refractivity contribution in [3.05, 3.63) is 84.4 Å². The van der Waals surface area contributed by atoms with Crippen LogP contribution >= 0.6 is 0 Å². The number of para-hydroxylation sites is 1. The SMILES string of the molecule is CCCCN1/C(=N/c2ccccc2)OCC2CN(Cc3ccc(Oc4ccc(NS(C)(=O)=O)cc4)cc3)CCC21. The molecule has 5 rings (SSSR count). The van der Waals surface area contributed by atoms with Crippen LogP contribution in [0.15, 0.2) is 83.9 Å². The molecule has 0 saturated carbocycles. The van der Waals surface area contributed by atoms with Gasteiger partial charge in [0.05, 0.1) is 18.6 Å². The van der Waals surface area contributed by atoms with Crippen molar-refractivity contribution < 1.29 is 17.9 Å². The van der Waals surface area contributed by atoms with E-state index in [1.807, 2.05) is 42.5 Å². The van der Waals surface area contributed by atoms with Crippen molar-refractivity contribution in [2.45, 2.75) is 38.8 Å². The molecule has 2 aliphatic rings. The summed E-state index contributed by atoms with van der Waals surface area (Å²) in [5.41, 5.74) is 2.68. The van der Waals surface area contributed by atoms with Gasteiger partial charge in [0.15, 0.2) is 0 Å². The summed E-state index contributed by atoms with van der Waals surface area (Å²) in [5.74, 6) is 1.83. The van der Waals surface area contributed by atoms with E-state index in [0.29, 0.717) is 30.0 Å². The number of nitrogens with one attached hydrogen (secondary N) is 1. The third-order valence-electron chi connectivity index (χ3n) is 7.31. The van der Waals surface area contributed by atoms with E-state index >= 15 is 0 Å². The molecule has 0 amide bonds. The molecule has 2 fully saturated rings. The lowest BCUT2D eigenvalue weighted by atomic mass is 9.90. The zero-order valence-electron chi connectivity index (χ0n) is 23.2. The number of aliphatic imine (C=N–C) groups is 1. The molecular weight excluding hydrogens is 524 g/mol. The number of amidine groups is 1. The number of benzene rings is 3. The van der Waals surface area contributed by atoms with Gasteiger partial charge >= 0.3 is 0 Å². The highest BCUT2D eigenvalue weighted by molar-refractivity contribution is 7.92. The summed E-state index contributed by atoms with van der Waals surface area (Å²) in [6.45, 7) is 6.81. The molecule has 2 atom stereocenters. The lowest BCUT2D eigenvalue weighted by Gasteiger charge is -2.48. The predicted molar refractivity (Wildman–Crippen MR) is 160 cm³/mol. The number of rotatable bonds is 10. The highest BCUT2D eigenvalue weighted by atomic mass is 32.2. The van der Waals surface area contributed by atoms with E-state index in [4.69, 9.17) is 14.5 Å². The number of piperidine rings is 1. The summed E-state index contributed by atoms with van der Waals surface area (Å²) in [5, 5.41) is 0. The van der Waals surface area contributed by atoms with E-state index in [1.54, 1.807) is 24.3 Å². The second-order valence-corrected chi connectivity index (χ2v) is 12.3. The molecule has 0 aliphatic carbocycles. The maximum atomic E-state index is 11.4. The molecule has 3 aromatic carbocycles. The van der Waals surface area contributed by atoms with Crippen molar-refractivity contribution in [3.63, 3.8) is 0 Å². The van der Waals surface area contributed by atoms with Crippen LogP contribution in [0.25, 0.3) is 0 Å². The predicted octanol–water partition coefficient (Wildman–Crippen LogP) is 5.86. The summed E-state index contributed by atoms with van der Waals surface area (Å²) in [7, 11) is -3.30. The van der Waals surface area contributed by atoms with Gasteiger partial charge in [0.2, 0.25) is 10.0 Å². The average Bonchev–Trinajstić information content (AvgIpc) is 2.94. The first-order valence-electron chi connectivity index (χ1n) is 14.0. The molecule has 1 N–H and O–H groups in total. The molecule has 9 heteroatoms. The van der Waals surface area contributed by atoms with Crippen LogP contribution in [0.4, 0.5) is 11.4 Å². The molecular formula is C31H38N4O4S. The van der Waals surface area contributed by atoms with Gasteiger partial charge in [0.25, 0.3) is 6.02 Å². The van der Waals surface area contributed by atoms with Crippen LogP contribution in [0, 0.1) is 5.92 Å². The molecule has 2 unspecified atom stereocenters. The lowest BCUT2D eigenvalue weighted by molar-refractivity contribution is 0.00523. The first-order valence-corrected chi connectivity index (χ1v) is 15.9. The Morgan fingerprint density at radius 3 is 2.38 bits per heavy atom. The molecule has 0 bridgehead atoms. The Hall–Kier alpha value is -3.56. The number of unbranched alkanes of at least 4 members (excludes halogenated alkanes) is 1. The van der Waals surface area contributed by atoms with Crippen LogP contribution in [0.3, 0.4) is 0 Å². The van der Waals surface area contributed by atoms with Gasteiger partial charge in [0, 0.05) is 43.8 Å². The molecule has 0 radical (unpaired) electrons. The Morgan fingerprint density at radius 2 is 1.70 bits per heavy atom. The van der Waals surface area contributed by atoms with Crippen LogP contribution in [-0.4, -0.2) is 62.8 Å². The maximum Gasteiger partial charge on any atom is 0.292 e. The number of sulfonamides is 1. The van der Waals surface area contributed by atoms with Gasteiger partial charge in [-0.05, 0) is 66.9 Å². The standard InChI is InChI=1S/C31H38N4O4S/c1-3-4-19-35-30-18-20-34(22-25(30)23-38-31(35)32-26-8-6-5-7-9-26)21-24-10-14-28(15-11-24)39-29-16-12-27(13-17-29)33-40(2,36)37/h5-17,25,30,33H,3-4,18-23H2,1-2H3/b32-31-. The van der Waals surface area contributed by atoms with Crippen molar-refractivity contribution in [1.29, 1.82) is 0 Å². The van der Waals surface area contributed by atoms with Gasteiger partial charge in [-0.3, -0.25) is 9.62 Å². The Kier molecular flexibility index (Phi) is 8.91. The fraction of sp³-hybridized carbons (Fsp3) is 0.387. The number of ether oxygens (including phenoxy) is 2. The van der Waals surface area contributed by atoms with Crippen molar-refractivity contribution in [2.75, 3.05) is 37.2 Å². The molecule has 3 aromatic rings. The first kappa shape index (κ1) is 28.0. The second kappa shape index (κ2) is 12.7. The van der Waals surface area contributed by atoms with Crippen LogP contribution in [0.5, 0.6) is 11.5 Å². The normalized spacial score (nSPS) is 20.6. The topological polar surface area (TPSA) is 83.5 Å².